The minimum atomic E-state index is -1.59. The number of hydrogen-bond acceptors (Lipinski definition) is 3. The maximum atomic E-state index is 13.7. The molecule has 0 spiro atoms. The number of anilines is 2. The summed E-state index contributed by atoms with van der Waals surface area (Å²) < 4.78 is 55.0. The van der Waals surface area contributed by atoms with Crippen molar-refractivity contribution >= 4 is 11.6 Å². The van der Waals surface area contributed by atoms with E-state index in [0.29, 0.717) is 5.69 Å². The third-order valence-corrected chi connectivity index (χ3v) is 3.99. The van der Waals surface area contributed by atoms with Crippen LogP contribution in [0.2, 0.25) is 0 Å². The Hall–Kier alpha value is -3.16. The Morgan fingerprint density at radius 2 is 1.67 bits per heavy atom. The highest BCUT2D eigenvalue weighted by Crippen LogP contribution is 2.21. The van der Waals surface area contributed by atoms with Gasteiger partial charge in [-0.1, -0.05) is 12.1 Å². The molecule has 2 aromatic carbocycles. The summed E-state index contributed by atoms with van der Waals surface area (Å²) in [6.45, 7) is 3.48. The van der Waals surface area contributed by atoms with Gasteiger partial charge in [-0.25, -0.2) is 13.2 Å². The molecule has 0 amide bonds. The van der Waals surface area contributed by atoms with Crippen LogP contribution in [0.1, 0.15) is 16.7 Å². The quantitative estimate of drug-likeness (QED) is 0.547. The smallest absolute Gasteiger partial charge is 0.310 e. The van der Waals surface area contributed by atoms with Gasteiger partial charge in [0.15, 0.2) is 17.5 Å². The number of nitrogens with zero attached hydrogens (tertiary/aromatic N) is 2. The van der Waals surface area contributed by atoms with Crippen LogP contribution >= 0.6 is 0 Å². The fourth-order valence-electron chi connectivity index (χ4n) is 2.57. The van der Waals surface area contributed by atoms with Crippen molar-refractivity contribution in [2.75, 3.05) is 5.32 Å². The van der Waals surface area contributed by atoms with Gasteiger partial charge in [-0.05, 0) is 48.7 Å². The van der Waals surface area contributed by atoms with Crippen LogP contribution in [0.4, 0.5) is 29.2 Å². The van der Waals surface area contributed by atoms with E-state index in [4.69, 9.17) is 0 Å². The summed E-state index contributed by atoms with van der Waals surface area (Å²) in [4.78, 5) is 15.3. The maximum absolute atomic E-state index is 13.7. The fraction of sp³-hybridized carbons (Fsp3) is 0.158. The van der Waals surface area contributed by atoms with Gasteiger partial charge in [0.25, 0.3) is 0 Å². The zero-order valence-corrected chi connectivity index (χ0v) is 14.5. The van der Waals surface area contributed by atoms with Crippen molar-refractivity contribution in [3.05, 3.63) is 86.8 Å². The summed E-state index contributed by atoms with van der Waals surface area (Å²) in [5, 5.41) is 2.93. The van der Waals surface area contributed by atoms with Gasteiger partial charge in [-0.2, -0.15) is 9.37 Å². The highest BCUT2D eigenvalue weighted by atomic mass is 19.2. The first-order chi connectivity index (χ1) is 12.7. The predicted octanol–water partition coefficient (Wildman–Crippen LogP) is 4.21. The molecule has 0 atom stereocenters. The molecule has 3 aromatic rings. The zero-order valence-electron chi connectivity index (χ0n) is 14.5. The second-order valence-corrected chi connectivity index (χ2v) is 6.16. The van der Waals surface area contributed by atoms with Crippen LogP contribution in [0.3, 0.4) is 0 Å². The van der Waals surface area contributed by atoms with Gasteiger partial charge in [0.05, 0.1) is 6.54 Å². The van der Waals surface area contributed by atoms with E-state index in [1.165, 1.54) is 4.57 Å². The molecule has 1 N–H and O–H groups in total. The molecule has 1 heterocycles. The number of hydrogen-bond donors (Lipinski definition) is 1. The number of nitrogens with one attached hydrogen (secondary N) is 1. The summed E-state index contributed by atoms with van der Waals surface area (Å²) in [7, 11) is 0. The van der Waals surface area contributed by atoms with Crippen LogP contribution in [0.15, 0.2) is 41.3 Å². The Morgan fingerprint density at radius 3 is 2.33 bits per heavy atom. The molecule has 3 rings (SSSR count). The van der Waals surface area contributed by atoms with Crippen molar-refractivity contribution in [3.8, 4) is 0 Å². The maximum Gasteiger partial charge on any atom is 0.310 e. The minimum absolute atomic E-state index is 0.0137. The minimum Gasteiger partial charge on any atom is -0.325 e. The first-order valence-corrected chi connectivity index (χ1v) is 7.99. The van der Waals surface area contributed by atoms with Crippen LogP contribution in [0.5, 0.6) is 0 Å². The van der Waals surface area contributed by atoms with Crippen molar-refractivity contribution in [1.82, 2.24) is 9.55 Å². The molecule has 0 saturated carbocycles. The summed E-state index contributed by atoms with van der Waals surface area (Å²) >= 11 is 0. The van der Waals surface area contributed by atoms with Crippen molar-refractivity contribution in [2.24, 2.45) is 0 Å². The lowest BCUT2D eigenvalue weighted by Gasteiger charge is -2.16. The summed E-state index contributed by atoms with van der Waals surface area (Å²) in [5.74, 6) is -5.44. The van der Waals surface area contributed by atoms with Crippen LogP contribution in [0.25, 0.3) is 0 Å². The van der Waals surface area contributed by atoms with E-state index < -0.39 is 28.8 Å². The van der Waals surface area contributed by atoms with E-state index in [1.807, 2.05) is 32.0 Å². The van der Waals surface area contributed by atoms with Gasteiger partial charge in [0.2, 0.25) is 11.8 Å². The third-order valence-electron chi connectivity index (χ3n) is 3.99. The molecule has 0 aliphatic heterocycles. The fourth-order valence-corrected chi connectivity index (χ4v) is 2.57. The zero-order chi connectivity index (χ0) is 19.7. The first-order valence-electron chi connectivity index (χ1n) is 7.99. The van der Waals surface area contributed by atoms with Gasteiger partial charge in [0.1, 0.15) is 0 Å². The molecule has 0 radical (unpaired) electrons. The number of halogens is 4. The van der Waals surface area contributed by atoms with Crippen molar-refractivity contribution in [1.29, 1.82) is 0 Å². The van der Waals surface area contributed by atoms with Gasteiger partial charge in [-0.3, -0.25) is 4.79 Å². The predicted molar refractivity (Wildman–Crippen MR) is 93.1 cm³/mol. The third kappa shape index (κ3) is 3.99. The Balaban J connectivity index is 2.04. The molecule has 0 aliphatic carbocycles. The molecule has 0 saturated heterocycles. The number of aromatic nitrogens is 2. The number of benzene rings is 2. The van der Waals surface area contributed by atoms with E-state index in [1.54, 1.807) is 0 Å². The molecule has 1 aromatic heterocycles. The van der Waals surface area contributed by atoms with E-state index in [-0.39, 0.29) is 18.1 Å². The highest BCUT2D eigenvalue weighted by Gasteiger charge is 2.14. The largest absolute Gasteiger partial charge is 0.325 e. The molecule has 27 heavy (non-hydrogen) atoms. The molecule has 0 unspecified atom stereocenters. The van der Waals surface area contributed by atoms with Crippen LogP contribution in [0, 0.1) is 37.1 Å². The molecule has 4 nitrogen and oxygen atoms in total. The first kappa shape index (κ1) is 18.6. The van der Waals surface area contributed by atoms with Gasteiger partial charge in [-0.15, -0.1) is 0 Å². The molecule has 140 valence electrons. The van der Waals surface area contributed by atoms with Crippen LogP contribution < -0.4 is 10.9 Å². The van der Waals surface area contributed by atoms with E-state index in [9.17, 15) is 22.4 Å². The lowest BCUT2D eigenvalue weighted by Crippen LogP contribution is -2.20. The lowest BCUT2D eigenvalue weighted by molar-refractivity contribution is 0.444. The summed E-state index contributed by atoms with van der Waals surface area (Å²) in [6.07, 6.45) is 0.877. The Labute approximate surface area is 152 Å². The summed E-state index contributed by atoms with van der Waals surface area (Å²) in [6, 6.07) is 7.17. The topological polar surface area (TPSA) is 46.9 Å². The Kier molecular flexibility index (Phi) is 4.98. The van der Waals surface area contributed by atoms with E-state index in [0.717, 1.165) is 29.5 Å². The summed E-state index contributed by atoms with van der Waals surface area (Å²) in [5.41, 5.74) is 1.40. The average molecular weight is 377 g/mol. The van der Waals surface area contributed by atoms with E-state index in [2.05, 4.69) is 10.3 Å². The molecular weight excluding hydrogens is 362 g/mol. The van der Waals surface area contributed by atoms with Crippen LogP contribution in [-0.2, 0) is 6.54 Å². The standard InChI is InChI=1S/C19H15F4N3O/c1-10-3-4-11(2)16(5-10)24-19-25-18(27)15(22)9-26(19)8-12-6-13(20)17(23)14(21)7-12/h3-7,9H,8H2,1-2H3,(H,24,25,27). The van der Waals surface area contributed by atoms with Crippen molar-refractivity contribution < 1.29 is 17.6 Å². The lowest BCUT2D eigenvalue weighted by atomic mass is 10.1. The molecular formula is C19H15F4N3O. The van der Waals surface area contributed by atoms with Gasteiger partial charge >= 0.3 is 5.56 Å². The number of rotatable bonds is 4. The molecule has 0 aliphatic rings. The molecule has 0 fully saturated rings. The van der Waals surface area contributed by atoms with E-state index >= 15 is 0 Å². The second-order valence-electron chi connectivity index (χ2n) is 6.16. The molecule has 0 bridgehead atoms. The van der Waals surface area contributed by atoms with Crippen molar-refractivity contribution in [3.63, 3.8) is 0 Å². The normalized spacial score (nSPS) is 10.9. The highest BCUT2D eigenvalue weighted by molar-refractivity contribution is 5.59. The Morgan fingerprint density at radius 1 is 1.00 bits per heavy atom. The van der Waals surface area contributed by atoms with Gasteiger partial charge in [0, 0.05) is 11.9 Å². The molecule has 8 heteroatoms. The Bertz CT molecular complexity index is 1060. The monoisotopic (exact) mass is 377 g/mol. The SMILES string of the molecule is Cc1ccc(C)c(Nc2nc(=O)c(F)cn2Cc2cc(F)c(F)c(F)c2)c1. The van der Waals surface area contributed by atoms with Crippen LogP contribution in [-0.4, -0.2) is 9.55 Å². The van der Waals surface area contributed by atoms with Gasteiger partial charge < -0.3 is 9.88 Å². The van der Waals surface area contributed by atoms with Crippen molar-refractivity contribution in [2.45, 2.75) is 20.4 Å². The average Bonchev–Trinajstić information content (AvgIpc) is 2.60. The second kappa shape index (κ2) is 7.22. The number of aryl methyl sites for hydroxylation is 2.